The smallest absolute Gasteiger partial charge is 0.258 e. The van der Waals surface area contributed by atoms with Crippen LogP contribution in [0.25, 0.3) is 0 Å². The summed E-state index contributed by atoms with van der Waals surface area (Å²) in [4.78, 5) is 18.7. The summed E-state index contributed by atoms with van der Waals surface area (Å²) in [5.41, 5.74) is 3.49. The second kappa shape index (κ2) is 4.44. The van der Waals surface area contributed by atoms with Gasteiger partial charge in [0.2, 0.25) is 0 Å². The Morgan fingerprint density at radius 3 is 2.58 bits per heavy atom. The van der Waals surface area contributed by atoms with Gasteiger partial charge in [0.1, 0.15) is 5.15 Å². The van der Waals surface area contributed by atoms with Gasteiger partial charge in [-0.3, -0.25) is 15.1 Å². The topological polar surface area (TPSA) is 68.4 Å². The molecule has 94 valence electrons. The lowest BCUT2D eigenvalue weighted by Gasteiger charge is -2.00. The molecule has 0 unspecified atom stereocenters. The van der Waals surface area contributed by atoms with Gasteiger partial charge < -0.3 is 0 Å². The average Bonchev–Trinajstić information content (AvgIpc) is 2.84. The van der Waals surface area contributed by atoms with Crippen molar-refractivity contribution < 1.29 is 4.92 Å². The zero-order valence-electron chi connectivity index (χ0n) is 9.71. The zero-order valence-corrected chi connectivity index (χ0v) is 10.5. The van der Waals surface area contributed by atoms with E-state index in [-0.39, 0.29) is 5.69 Å². The van der Waals surface area contributed by atoms with Gasteiger partial charge in [-0.15, -0.1) is 0 Å². The zero-order chi connectivity index (χ0) is 13.4. The second-order valence-electron chi connectivity index (χ2n) is 4.14. The molecule has 2 aromatic rings. The molecule has 1 aromatic heterocycles. The van der Waals surface area contributed by atoms with Gasteiger partial charge in [0.15, 0.2) is 0 Å². The minimum absolute atomic E-state index is 0.0690. The molecule has 19 heavy (non-hydrogen) atoms. The normalized spacial score (nSPS) is 13.0. The van der Waals surface area contributed by atoms with Crippen molar-refractivity contribution in [1.82, 2.24) is 4.98 Å². The molecule has 0 radical (unpaired) electrons. The summed E-state index contributed by atoms with van der Waals surface area (Å²) < 4.78 is 0. The summed E-state index contributed by atoms with van der Waals surface area (Å²) in [5, 5.41) is 11.1. The van der Waals surface area contributed by atoms with E-state index in [1.807, 2.05) is 0 Å². The molecule has 0 aliphatic carbocycles. The third-order valence-electron chi connectivity index (χ3n) is 2.99. The first kappa shape index (κ1) is 11.8. The van der Waals surface area contributed by atoms with Crippen LogP contribution in [0, 0.1) is 10.1 Å². The van der Waals surface area contributed by atoms with Gasteiger partial charge in [-0.25, -0.2) is 4.98 Å². The van der Waals surface area contributed by atoms with Crippen molar-refractivity contribution in [3.05, 3.63) is 62.9 Å². The standard InChI is InChI=1S/C13H8ClN3O2/c14-13-10-7-12(16-11(10)5-6-15-13)8-1-3-9(4-2-8)17(18)19/h1-6H,7H2. The maximum Gasteiger partial charge on any atom is 0.269 e. The van der Waals surface area contributed by atoms with Crippen LogP contribution in [-0.2, 0) is 6.42 Å². The molecular formula is C13H8ClN3O2. The Morgan fingerprint density at radius 2 is 1.95 bits per heavy atom. The fourth-order valence-electron chi connectivity index (χ4n) is 2.02. The third kappa shape index (κ3) is 2.08. The van der Waals surface area contributed by atoms with Crippen molar-refractivity contribution in [1.29, 1.82) is 0 Å². The molecule has 0 spiro atoms. The first-order valence-electron chi connectivity index (χ1n) is 5.61. The molecule has 5 nitrogen and oxygen atoms in total. The number of hydrogen-bond acceptors (Lipinski definition) is 4. The highest BCUT2D eigenvalue weighted by molar-refractivity contribution is 6.31. The number of aromatic nitrogens is 1. The molecule has 3 rings (SSSR count). The Balaban J connectivity index is 1.94. The van der Waals surface area contributed by atoms with E-state index in [2.05, 4.69) is 9.98 Å². The van der Waals surface area contributed by atoms with E-state index in [0.717, 1.165) is 22.5 Å². The first-order valence-corrected chi connectivity index (χ1v) is 5.99. The van der Waals surface area contributed by atoms with E-state index in [0.29, 0.717) is 11.6 Å². The van der Waals surface area contributed by atoms with Gasteiger partial charge in [0, 0.05) is 30.3 Å². The van der Waals surface area contributed by atoms with Crippen LogP contribution in [0.15, 0.2) is 41.5 Å². The highest BCUT2D eigenvalue weighted by Gasteiger charge is 2.19. The summed E-state index contributed by atoms with van der Waals surface area (Å²) in [6, 6.07) is 8.15. The van der Waals surface area contributed by atoms with Gasteiger partial charge in [-0.2, -0.15) is 0 Å². The largest absolute Gasteiger partial charge is 0.269 e. The Labute approximate surface area is 113 Å². The summed E-state index contributed by atoms with van der Waals surface area (Å²) in [6.45, 7) is 0. The van der Waals surface area contributed by atoms with E-state index in [1.54, 1.807) is 24.4 Å². The maximum absolute atomic E-state index is 10.6. The highest BCUT2D eigenvalue weighted by Crippen LogP contribution is 2.32. The fraction of sp³-hybridized carbons (Fsp3) is 0.0769. The molecule has 6 heteroatoms. The Morgan fingerprint density at radius 1 is 1.21 bits per heavy atom. The molecule has 1 aliphatic rings. The molecule has 0 fully saturated rings. The van der Waals surface area contributed by atoms with Crippen LogP contribution in [0.5, 0.6) is 0 Å². The number of pyridine rings is 1. The number of nitro benzene ring substituents is 1. The first-order chi connectivity index (χ1) is 9.15. The average molecular weight is 274 g/mol. The number of non-ortho nitro benzene ring substituents is 1. The van der Waals surface area contributed by atoms with E-state index in [9.17, 15) is 10.1 Å². The molecule has 0 atom stereocenters. The van der Waals surface area contributed by atoms with Crippen LogP contribution in [0.4, 0.5) is 11.4 Å². The van der Waals surface area contributed by atoms with E-state index >= 15 is 0 Å². The molecule has 1 aromatic carbocycles. The number of hydrogen-bond donors (Lipinski definition) is 0. The lowest BCUT2D eigenvalue weighted by atomic mass is 10.1. The number of benzene rings is 1. The van der Waals surface area contributed by atoms with Gasteiger partial charge in [0.05, 0.1) is 16.3 Å². The van der Waals surface area contributed by atoms with Crippen LogP contribution in [0.2, 0.25) is 5.15 Å². The number of nitrogens with zero attached hydrogens (tertiary/aromatic N) is 3. The third-order valence-corrected chi connectivity index (χ3v) is 3.32. The number of halogens is 1. The summed E-state index contributed by atoms with van der Waals surface area (Å²) in [7, 11) is 0. The quantitative estimate of drug-likeness (QED) is 0.479. The SMILES string of the molecule is O=[N+]([O-])c1ccc(C2=Nc3ccnc(Cl)c3C2)cc1. The van der Waals surface area contributed by atoms with Crippen molar-refractivity contribution in [2.75, 3.05) is 0 Å². The maximum atomic E-state index is 10.6. The molecular weight excluding hydrogens is 266 g/mol. The Kier molecular flexibility index (Phi) is 2.76. The minimum atomic E-state index is -0.421. The van der Waals surface area contributed by atoms with Crippen molar-refractivity contribution in [3.8, 4) is 0 Å². The lowest BCUT2D eigenvalue weighted by Crippen LogP contribution is -2.01. The summed E-state index contributed by atoms with van der Waals surface area (Å²) >= 11 is 6.02. The Bertz CT molecular complexity index is 696. The summed E-state index contributed by atoms with van der Waals surface area (Å²) in [5.74, 6) is 0. The van der Waals surface area contributed by atoms with Crippen LogP contribution in [0.3, 0.4) is 0 Å². The number of aliphatic imine (C=N–C) groups is 1. The van der Waals surface area contributed by atoms with E-state index in [1.165, 1.54) is 12.1 Å². The highest BCUT2D eigenvalue weighted by atomic mass is 35.5. The van der Waals surface area contributed by atoms with Crippen molar-refractivity contribution in [2.24, 2.45) is 4.99 Å². The summed E-state index contributed by atoms with van der Waals surface area (Å²) in [6.07, 6.45) is 2.21. The molecule has 0 bridgehead atoms. The van der Waals surface area contributed by atoms with Gasteiger partial charge >= 0.3 is 0 Å². The number of fused-ring (bicyclic) bond motifs is 1. The number of rotatable bonds is 2. The predicted molar refractivity (Wildman–Crippen MR) is 72.2 cm³/mol. The number of nitro groups is 1. The van der Waals surface area contributed by atoms with E-state index in [4.69, 9.17) is 11.6 Å². The minimum Gasteiger partial charge on any atom is -0.258 e. The van der Waals surface area contributed by atoms with Crippen molar-refractivity contribution in [3.63, 3.8) is 0 Å². The molecule has 2 heterocycles. The lowest BCUT2D eigenvalue weighted by molar-refractivity contribution is -0.384. The van der Waals surface area contributed by atoms with Crippen molar-refractivity contribution >= 4 is 28.7 Å². The molecule has 0 N–H and O–H groups in total. The van der Waals surface area contributed by atoms with Gasteiger partial charge in [-0.1, -0.05) is 11.6 Å². The van der Waals surface area contributed by atoms with E-state index < -0.39 is 4.92 Å². The Hall–Kier alpha value is -2.27. The second-order valence-corrected chi connectivity index (χ2v) is 4.50. The van der Waals surface area contributed by atoms with Crippen LogP contribution in [0.1, 0.15) is 11.1 Å². The predicted octanol–water partition coefficient (Wildman–Crippen LogP) is 3.32. The van der Waals surface area contributed by atoms with Crippen LogP contribution in [-0.4, -0.2) is 15.6 Å². The van der Waals surface area contributed by atoms with Crippen molar-refractivity contribution in [2.45, 2.75) is 6.42 Å². The molecule has 0 saturated carbocycles. The monoisotopic (exact) mass is 273 g/mol. The van der Waals surface area contributed by atoms with Gasteiger partial charge in [0.25, 0.3) is 5.69 Å². The van der Waals surface area contributed by atoms with Crippen LogP contribution >= 0.6 is 11.6 Å². The molecule has 0 saturated heterocycles. The van der Waals surface area contributed by atoms with Crippen LogP contribution < -0.4 is 0 Å². The fourth-order valence-corrected chi connectivity index (χ4v) is 2.24. The van der Waals surface area contributed by atoms with Gasteiger partial charge in [-0.05, 0) is 23.8 Å². The molecule has 1 aliphatic heterocycles. The molecule has 0 amide bonds.